The lowest BCUT2D eigenvalue weighted by Crippen LogP contribution is -2.30. The molecule has 0 bridgehead atoms. The molecule has 3 aromatic rings. The maximum atomic E-state index is 12.3. The lowest BCUT2D eigenvalue weighted by Gasteiger charge is -2.13. The number of rotatable bonds is 4. The predicted octanol–water partition coefficient (Wildman–Crippen LogP) is 1.50. The van der Waals surface area contributed by atoms with E-state index in [-0.39, 0.29) is 18.0 Å². The summed E-state index contributed by atoms with van der Waals surface area (Å²) in [5.74, 6) is -0.334. The van der Waals surface area contributed by atoms with Gasteiger partial charge in [0.05, 0.1) is 5.39 Å². The summed E-state index contributed by atoms with van der Waals surface area (Å²) in [5, 5.41) is 11.0. The van der Waals surface area contributed by atoms with E-state index in [4.69, 9.17) is 0 Å². The SMILES string of the molecule is CN(C)c1ccc(NC(=O)Cn2nnc3ccccc3c2=O)cc1. The van der Waals surface area contributed by atoms with Crippen LogP contribution in [0.2, 0.25) is 0 Å². The highest BCUT2D eigenvalue weighted by atomic mass is 16.2. The van der Waals surface area contributed by atoms with E-state index < -0.39 is 0 Å². The number of nitrogens with zero attached hydrogens (tertiary/aromatic N) is 4. The van der Waals surface area contributed by atoms with Crippen LogP contribution in [0, 0.1) is 0 Å². The number of fused-ring (bicyclic) bond motifs is 1. The van der Waals surface area contributed by atoms with Gasteiger partial charge in [0.25, 0.3) is 5.56 Å². The van der Waals surface area contributed by atoms with Crippen LogP contribution < -0.4 is 15.8 Å². The minimum Gasteiger partial charge on any atom is -0.378 e. The van der Waals surface area contributed by atoms with Crippen molar-refractivity contribution >= 4 is 28.2 Å². The highest BCUT2D eigenvalue weighted by Gasteiger charge is 2.09. The Bertz CT molecular complexity index is 932. The van der Waals surface area contributed by atoms with Gasteiger partial charge in [0.1, 0.15) is 12.1 Å². The number of benzene rings is 2. The van der Waals surface area contributed by atoms with Crippen LogP contribution in [0.4, 0.5) is 11.4 Å². The van der Waals surface area contributed by atoms with E-state index in [1.807, 2.05) is 43.3 Å². The molecule has 0 aliphatic heterocycles. The molecule has 1 amide bonds. The van der Waals surface area contributed by atoms with Gasteiger partial charge in [-0.05, 0) is 36.4 Å². The molecular formula is C17H17N5O2. The monoisotopic (exact) mass is 323 g/mol. The zero-order chi connectivity index (χ0) is 17.1. The van der Waals surface area contributed by atoms with Gasteiger partial charge < -0.3 is 10.2 Å². The average Bonchev–Trinajstić information content (AvgIpc) is 2.58. The first-order chi connectivity index (χ1) is 11.5. The highest BCUT2D eigenvalue weighted by Crippen LogP contribution is 2.15. The molecule has 1 heterocycles. The van der Waals surface area contributed by atoms with Gasteiger partial charge in [0.2, 0.25) is 5.91 Å². The van der Waals surface area contributed by atoms with Crippen molar-refractivity contribution in [3.05, 3.63) is 58.9 Å². The quantitative estimate of drug-likeness (QED) is 0.787. The van der Waals surface area contributed by atoms with Crippen LogP contribution in [0.25, 0.3) is 10.9 Å². The molecule has 0 aliphatic carbocycles. The fraction of sp³-hybridized carbons (Fsp3) is 0.176. The van der Waals surface area contributed by atoms with Crippen molar-refractivity contribution in [3.63, 3.8) is 0 Å². The standard InChI is InChI=1S/C17H17N5O2/c1-21(2)13-9-7-12(8-10-13)18-16(23)11-22-17(24)14-5-3-4-6-15(14)19-20-22/h3-10H,11H2,1-2H3,(H,18,23). The Balaban J connectivity index is 1.75. The van der Waals surface area contributed by atoms with E-state index in [9.17, 15) is 9.59 Å². The fourth-order valence-corrected chi connectivity index (χ4v) is 2.31. The van der Waals surface area contributed by atoms with Crippen LogP contribution in [0.3, 0.4) is 0 Å². The topological polar surface area (TPSA) is 80.1 Å². The summed E-state index contributed by atoms with van der Waals surface area (Å²) < 4.78 is 1.06. The van der Waals surface area contributed by atoms with Gasteiger partial charge >= 0.3 is 0 Å². The Morgan fingerprint density at radius 3 is 2.54 bits per heavy atom. The van der Waals surface area contributed by atoms with Gasteiger partial charge in [0, 0.05) is 25.5 Å². The van der Waals surface area contributed by atoms with Crippen LogP contribution in [0.15, 0.2) is 53.3 Å². The van der Waals surface area contributed by atoms with Crippen LogP contribution in [0.1, 0.15) is 0 Å². The number of anilines is 2. The van der Waals surface area contributed by atoms with Gasteiger partial charge in [-0.25, -0.2) is 4.68 Å². The van der Waals surface area contributed by atoms with E-state index in [1.54, 1.807) is 24.3 Å². The first-order valence-electron chi connectivity index (χ1n) is 7.44. The number of aromatic nitrogens is 3. The molecule has 1 aromatic heterocycles. The van der Waals surface area contributed by atoms with Crippen molar-refractivity contribution in [3.8, 4) is 0 Å². The van der Waals surface area contributed by atoms with Crippen molar-refractivity contribution in [2.45, 2.75) is 6.54 Å². The third-order valence-electron chi connectivity index (χ3n) is 3.59. The fourth-order valence-electron chi connectivity index (χ4n) is 2.31. The summed E-state index contributed by atoms with van der Waals surface area (Å²) in [7, 11) is 3.89. The van der Waals surface area contributed by atoms with E-state index in [1.165, 1.54) is 0 Å². The minimum absolute atomic E-state index is 0.188. The smallest absolute Gasteiger partial charge is 0.278 e. The second-order valence-electron chi connectivity index (χ2n) is 5.56. The first kappa shape index (κ1) is 15.7. The molecule has 0 saturated heterocycles. The average molecular weight is 323 g/mol. The summed E-state index contributed by atoms with van der Waals surface area (Å²) in [6, 6.07) is 14.3. The Labute approximate surface area is 138 Å². The van der Waals surface area contributed by atoms with Crippen LogP contribution in [0.5, 0.6) is 0 Å². The summed E-state index contributed by atoms with van der Waals surface area (Å²) in [6.07, 6.45) is 0. The lowest BCUT2D eigenvalue weighted by atomic mass is 10.2. The Morgan fingerprint density at radius 1 is 1.12 bits per heavy atom. The summed E-state index contributed by atoms with van der Waals surface area (Å²) in [6.45, 7) is -0.188. The number of carbonyl (C=O) groups is 1. The van der Waals surface area contributed by atoms with E-state index in [0.717, 1.165) is 10.4 Å². The summed E-state index contributed by atoms with van der Waals surface area (Å²) in [4.78, 5) is 26.4. The number of amides is 1. The largest absolute Gasteiger partial charge is 0.378 e. The van der Waals surface area contributed by atoms with Crippen LogP contribution in [-0.2, 0) is 11.3 Å². The number of hydrogen-bond donors (Lipinski definition) is 1. The number of carbonyl (C=O) groups excluding carboxylic acids is 1. The van der Waals surface area contributed by atoms with Gasteiger partial charge in [-0.3, -0.25) is 9.59 Å². The zero-order valence-corrected chi connectivity index (χ0v) is 13.4. The molecule has 1 N–H and O–H groups in total. The molecule has 0 fully saturated rings. The maximum Gasteiger partial charge on any atom is 0.278 e. The second kappa shape index (κ2) is 6.49. The molecule has 7 nitrogen and oxygen atoms in total. The normalized spacial score (nSPS) is 10.6. The third kappa shape index (κ3) is 3.24. The van der Waals surface area contributed by atoms with E-state index in [2.05, 4.69) is 15.6 Å². The maximum absolute atomic E-state index is 12.3. The molecule has 0 saturated carbocycles. The van der Waals surface area contributed by atoms with Crippen LogP contribution >= 0.6 is 0 Å². The second-order valence-corrected chi connectivity index (χ2v) is 5.56. The number of nitrogens with one attached hydrogen (secondary N) is 1. The Kier molecular flexibility index (Phi) is 4.24. The molecule has 0 radical (unpaired) electrons. The highest BCUT2D eigenvalue weighted by molar-refractivity contribution is 5.90. The summed E-state index contributed by atoms with van der Waals surface area (Å²) >= 11 is 0. The van der Waals surface area contributed by atoms with E-state index in [0.29, 0.717) is 16.6 Å². The van der Waals surface area contributed by atoms with E-state index >= 15 is 0 Å². The van der Waals surface area contributed by atoms with Gasteiger partial charge in [-0.2, -0.15) is 0 Å². The first-order valence-corrected chi connectivity index (χ1v) is 7.44. The predicted molar refractivity (Wildman–Crippen MR) is 93.2 cm³/mol. The lowest BCUT2D eigenvalue weighted by molar-refractivity contribution is -0.117. The zero-order valence-electron chi connectivity index (χ0n) is 13.4. The van der Waals surface area contributed by atoms with Crippen LogP contribution in [-0.4, -0.2) is 35.0 Å². The molecule has 122 valence electrons. The molecule has 0 unspecified atom stereocenters. The van der Waals surface area contributed by atoms with Crippen molar-refractivity contribution in [2.75, 3.05) is 24.3 Å². The molecule has 7 heteroatoms. The molecule has 24 heavy (non-hydrogen) atoms. The van der Waals surface area contributed by atoms with Crippen molar-refractivity contribution in [2.24, 2.45) is 0 Å². The molecule has 0 aliphatic rings. The van der Waals surface area contributed by atoms with Crippen molar-refractivity contribution in [1.29, 1.82) is 0 Å². The molecular weight excluding hydrogens is 306 g/mol. The van der Waals surface area contributed by atoms with Gasteiger partial charge in [0.15, 0.2) is 0 Å². The van der Waals surface area contributed by atoms with Crippen molar-refractivity contribution in [1.82, 2.24) is 15.0 Å². The van der Waals surface area contributed by atoms with Gasteiger partial charge in [-0.15, -0.1) is 5.10 Å². The minimum atomic E-state index is -0.335. The molecule has 0 spiro atoms. The Hall–Kier alpha value is -3.22. The van der Waals surface area contributed by atoms with Crippen molar-refractivity contribution < 1.29 is 4.79 Å². The van der Waals surface area contributed by atoms with Gasteiger partial charge in [-0.1, -0.05) is 17.3 Å². The number of hydrogen-bond acceptors (Lipinski definition) is 5. The molecule has 3 rings (SSSR count). The molecule has 2 aromatic carbocycles. The molecule has 0 atom stereocenters. The summed E-state index contributed by atoms with van der Waals surface area (Å²) in [5.41, 5.74) is 1.87. The third-order valence-corrected chi connectivity index (χ3v) is 3.59. The Morgan fingerprint density at radius 2 is 1.83 bits per heavy atom.